The zero-order valence-electron chi connectivity index (χ0n) is 8.22. The first-order chi connectivity index (χ1) is 6.33. The molecule has 0 saturated heterocycles. The van der Waals surface area contributed by atoms with Gasteiger partial charge < -0.3 is 0 Å². The van der Waals surface area contributed by atoms with Crippen LogP contribution in [0.15, 0.2) is 0 Å². The Morgan fingerprint density at radius 3 is 2.62 bits per heavy atom. The van der Waals surface area contributed by atoms with Gasteiger partial charge in [-0.05, 0) is 12.3 Å². The minimum absolute atomic E-state index is 0.244. The number of Topliss-reactive ketones (excluding diaryl/α,β-unsaturated/α-hetero) is 1. The minimum Gasteiger partial charge on any atom is -0.299 e. The maximum absolute atomic E-state index is 11.1. The Labute approximate surface area is 80.9 Å². The Bertz CT molecular complexity index is 194. The molecule has 0 spiro atoms. The van der Waals surface area contributed by atoms with E-state index in [-0.39, 0.29) is 5.78 Å². The van der Waals surface area contributed by atoms with Gasteiger partial charge in [-0.25, -0.2) is 0 Å². The number of carbonyl (C=O) groups is 1. The van der Waals surface area contributed by atoms with Gasteiger partial charge in [0.05, 0.1) is 6.42 Å². The Morgan fingerprint density at radius 1 is 1.31 bits per heavy atom. The SMILES string of the molecule is C#CCC(=O)CCC1CCCCC1. The zero-order chi connectivity index (χ0) is 9.52. The summed E-state index contributed by atoms with van der Waals surface area (Å²) in [5, 5.41) is 0. The van der Waals surface area contributed by atoms with Crippen molar-refractivity contribution >= 4 is 5.78 Å². The van der Waals surface area contributed by atoms with E-state index in [4.69, 9.17) is 6.42 Å². The maximum atomic E-state index is 11.1. The van der Waals surface area contributed by atoms with Gasteiger partial charge in [0.15, 0.2) is 0 Å². The number of terminal acetylenes is 1. The minimum atomic E-state index is 0.244. The number of ketones is 1. The molecule has 0 aromatic heterocycles. The van der Waals surface area contributed by atoms with E-state index in [0.717, 1.165) is 12.3 Å². The Balaban J connectivity index is 2.10. The van der Waals surface area contributed by atoms with Gasteiger partial charge in [-0.15, -0.1) is 6.42 Å². The first-order valence-corrected chi connectivity index (χ1v) is 5.28. The quantitative estimate of drug-likeness (QED) is 0.605. The van der Waals surface area contributed by atoms with Crippen LogP contribution in [0, 0.1) is 18.3 Å². The predicted octanol–water partition coefficient (Wildman–Crippen LogP) is 2.94. The molecule has 13 heavy (non-hydrogen) atoms. The molecule has 0 radical (unpaired) electrons. The van der Waals surface area contributed by atoms with Crippen molar-refractivity contribution in [2.24, 2.45) is 5.92 Å². The summed E-state index contributed by atoms with van der Waals surface area (Å²) in [7, 11) is 0. The van der Waals surface area contributed by atoms with Crippen molar-refractivity contribution in [2.75, 3.05) is 0 Å². The highest BCUT2D eigenvalue weighted by atomic mass is 16.1. The van der Waals surface area contributed by atoms with E-state index in [2.05, 4.69) is 5.92 Å². The Hall–Kier alpha value is -0.770. The van der Waals surface area contributed by atoms with E-state index in [0.29, 0.717) is 12.8 Å². The molecule has 0 unspecified atom stereocenters. The standard InChI is InChI=1S/C12H18O/c1-2-6-12(13)10-9-11-7-4-3-5-8-11/h1,11H,3-10H2. The van der Waals surface area contributed by atoms with Crippen molar-refractivity contribution < 1.29 is 4.79 Å². The van der Waals surface area contributed by atoms with Crippen LogP contribution in [0.1, 0.15) is 51.4 Å². The zero-order valence-corrected chi connectivity index (χ0v) is 8.22. The van der Waals surface area contributed by atoms with E-state index >= 15 is 0 Å². The van der Waals surface area contributed by atoms with Gasteiger partial charge in [0.25, 0.3) is 0 Å². The average molecular weight is 178 g/mol. The predicted molar refractivity (Wildman–Crippen MR) is 54.3 cm³/mol. The molecule has 1 saturated carbocycles. The summed E-state index contributed by atoms with van der Waals surface area (Å²) in [4.78, 5) is 11.1. The van der Waals surface area contributed by atoms with E-state index in [1.165, 1.54) is 32.1 Å². The average Bonchev–Trinajstić information content (AvgIpc) is 2.17. The molecule has 0 heterocycles. The third-order valence-electron chi connectivity index (χ3n) is 2.86. The van der Waals surface area contributed by atoms with E-state index in [1.54, 1.807) is 0 Å². The molecule has 1 rings (SSSR count). The summed E-state index contributed by atoms with van der Waals surface area (Å²) in [6.45, 7) is 0. The fraction of sp³-hybridized carbons (Fsp3) is 0.750. The van der Waals surface area contributed by atoms with Crippen LogP contribution >= 0.6 is 0 Å². The highest BCUT2D eigenvalue weighted by molar-refractivity contribution is 5.80. The van der Waals surface area contributed by atoms with Gasteiger partial charge in [0.2, 0.25) is 0 Å². The van der Waals surface area contributed by atoms with Crippen molar-refractivity contribution in [3.8, 4) is 12.3 Å². The van der Waals surface area contributed by atoms with Crippen molar-refractivity contribution in [2.45, 2.75) is 51.4 Å². The van der Waals surface area contributed by atoms with Crippen LogP contribution in [0.25, 0.3) is 0 Å². The topological polar surface area (TPSA) is 17.1 Å². The Kier molecular flexibility index (Phi) is 4.60. The number of hydrogen-bond acceptors (Lipinski definition) is 1. The molecule has 0 N–H and O–H groups in total. The van der Waals surface area contributed by atoms with Gasteiger partial charge in [0.1, 0.15) is 5.78 Å². The van der Waals surface area contributed by atoms with Crippen molar-refractivity contribution in [3.05, 3.63) is 0 Å². The Morgan fingerprint density at radius 2 is 2.00 bits per heavy atom. The van der Waals surface area contributed by atoms with Gasteiger partial charge >= 0.3 is 0 Å². The van der Waals surface area contributed by atoms with Gasteiger partial charge in [-0.2, -0.15) is 0 Å². The summed E-state index contributed by atoms with van der Waals surface area (Å²) in [5.41, 5.74) is 0. The molecule has 0 aromatic carbocycles. The van der Waals surface area contributed by atoms with Gasteiger partial charge in [-0.1, -0.05) is 38.0 Å². The number of carbonyl (C=O) groups excluding carboxylic acids is 1. The van der Waals surface area contributed by atoms with Crippen molar-refractivity contribution in [1.82, 2.24) is 0 Å². The van der Waals surface area contributed by atoms with Gasteiger partial charge in [0, 0.05) is 6.42 Å². The number of rotatable bonds is 4. The molecule has 1 fully saturated rings. The smallest absolute Gasteiger partial charge is 0.144 e. The fourth-order valence-electron chi connectivity index (χ4n) is 2.04. The first-order valence-electron chi connectivity index (χ1n) is 5.28. The molecule has 72 valence electrons. The molecule has 0 amide bonds. The lowest BCUT2D eigenvalue weighted by molar-refractivity contribution is -0.118. The van der Waals surface area contributed by atoms with Crippen LogP contribution in [-0.4, -0.2) is 5.78 Å². The molecular formula is C12H18O. The largest absolute Gasteiger partial charge is 0.299 e. The second-order valence-corrected chi connectivity index (χ2v) is 3.96. The summed E-state index contributed by atoms with van der Waals surface area (Å²) >= 11 is 0. The lowest BCUT2D eigenvalue weighted by Crippen LogP contribution is -2.08. The third kappa shape index (κ3) is 4.12. The molecule has 0 aliphatic heterocycles. The van der Waals surface area contributed by atoms with E-state index in [9.17, 15) is 4.79 Å². The van der Waals surface area contributed by atoms with Crippen LogP contribution in [0.4, 0.5) is 0 Å². The van der Waals surface area contributed by atoms with E-state index in [1.807, 2.05) is 0 Å². The summed E-state index contributed by atoms with van der Waals surface area (Å²) in [5.74, 6) is 3.45. The van der Waals surface area contributed by atoms with Crippen LogP contribution in [0.5, 0.6) is 0 Å². The molecule has 1 nitrogen and oxygen atoms in total. The normalized spacial score (nSPS) is 18.1. The molecule has 1 heteroatoms. The monoisotopic (exact) mass is 178 g/mol. The van der Waals surface area contributed by atoms with E-state index < -0.39 is 0 Å². The number of hydrogen-bond donors (Lipinski definition) is 0. The van der Waals surface area contributed by atoms with Crippen LogP contribution in [0.3, 0.4) is 0 Å². The van der Waals surface area contributed by atoms with Crippen LogP contribution < -0.4 is 0 Å². The highest BCUT2D eigenvalue weighted by Gasteiger charge is 2.14. The highest BCUT2D eigenvalue weighted by Crippen LogP contribution is 2.27. The fourth-order valence-corrected chi connectivity index (χ4v) is 2.04. The second-order valence-electron chi connectivity index (χ2n) is 3.96. The maximum Gasteiger partial charge on any atom is 0.144 e. The second kappa shape index (κ2) is 5.80. The third-order valence-corrected chi connectivity index (χ3v) is 2.86. The summed E-state index contributed by atoms with van der Waals surface area (Å²) in [6, 6.07) is 0. The first kappa shape index (κ1) is 10.3. The molecule has 1 aliphatic carbocycles. The molecule has 0 bridgehead atoms. The molecule has 0 atom stereocenters. The molecule has 0 aromatic rings. The summed E-state index contributed by atoms with van der Waals surface area (Å²) in [6.07, 6.45) is 13.9. The lowest BCUT2D eigenvalue weighted by Gasteiger charge is -2.20. The summed E-state index contributed by atoms with van der Waals surface area (Å²) < 4.78 is 0. The molecule has 1 aliphatic rings. The van der Waals surface area contributed by atoms with Crippen molar-refractivity contribution in [1.29, 1.82) is 0 Å². The molecular weight excluding hydrogens is 160 g/mol. The van der Waals surface area contributed by atoms with Gasteiger partial charge in [-0.3, -0.25) is 4.79 Å². The lowest BCUT2D eigenvalue weighted by atomic mass is 9.85. The van der Waals surface area contributed by atoms with Crippen LogP contribution in [0.2, 0.25) is 0 Å². The van der Waals surface area contributed by atoms with Crippen molar-refractivity contribution in [3.63, 3.8) is 0 Å². The van der Waals surface area contributed by atoms with Crippen LogP contribution in [-0.2, 0) is 4.79 Å².